The van der Waals surface area contributed by atoms with Gasteiger partial charge in [0.1, 0.15) is 11.4 Å². The van der Waals surface area contributed by atoms with E-state index in [1.165, 1.54) is 0 Å². The van der Waals surface area contributed by atoms with Gasteiger partial charge in [-0.3, -0.25) is 4.79 Å². The molecule has 1 aliphatic heterocycles. The lowest BCUT2D eigenvalue weighted by Crippen LogP contribution is -2.42. The number of likely N-dealkylation sites (tertiary alicyclic amines) is 1. The van der Waals surface area contributed by atoms with E-state index in [4.69, 9.17) is 0 Å². The first-order valence-electron chi connectivity index (χ1n) is 9.53. The van der Waals surface area contributed by atoms with Crippen LogP contribution < -0.4 is 5.32 Å². The number of anilines is 2. The SMILES string of the molecule is Cc1nc(-c2ccnc(Nc3ccc4[nH]c(C(=O)N5CCC5)cc4c3)n2)c(C)s1. The molecule has 0 radical (unpaired) electrons. The second kappa shape index (κ2) is 6.97. The topological polar surface area (TPSA) is 86.8 Å². The molecule has 4 aromatic rings. The number of aromatic nitrogens is 4. The third kappa shape index (κ3) is 3.36. The molecule has 1 aliphatic rings. The number of carbonyl (C=O) groups excluding carboxylic acids is 1. The number of amides is 1. The van der Waals surface area contributed by atoms with Gasteiger partial charge < -0.3 is 15.2 Å². The minimum Gasteiger partial charge on any atom is -0.351 e. The second-order valence-corrected chi connectivity index (χ2v) is 8.57. The zero-order chi connectivity index (χ0) is 20.0. The van der Waals surface area contributed by atoms with Gasteiger partial charge in [0.2, 0.25) is 5.95 Å². The Bertz CT molecular complexity index is 1220. The fourth-order valence-electron chi connectivity index (χ4n) is 3.46. The van der Waals surface area contributed by atoms with Crippen molar-refractivity contribution in [1.29, 1.82) is 0 Å². The lowest BCUT2D eigenvalue weighted by molar-refractivity contribution is 0.0646. The van der Waals surface area contributed by atoms with Crippen molar-refractivity contribution in [2.24, 2.45) is 0 Å². The normalized spacial score (nSPS) is 13.5. The molecule has 7 nitrogen and oxygen atoms in total. The van der Waals surface area contributed by atoms with Crippen LogP contribution in [-0.2, 0) is 0 Å². The first kappa shape index (κ1) is 17.8. The number of hydrogen-bond acceptors (Lipinski definition) is 6. The summed E-state index contributed by atoms with van der Waals surface area (Å²) in [7, 11) is 0. The molecule has 0 atom stereocenters. The van der Waals surface area contributed by atoms with Crippen LogP contribution in [0.25, 0.3) is 22.3 Å². The molecule has 29 heavy (non-hydrogen) atoms. The molecule has 146 valence electrons. The van der Waals surface area contributed by atoms with Crippen LogP contribution >= 0.6 is 11.3 Å². The maximum Gasteiger partial charge on any atom is 0.270 e. The molecule has 3 aromatic heterocycles. The van der Waals surface area contributed by atoms with Crippen LogP contribution in [-0.4, -0.2) is 43.8 Å². The van der Waals surface area contributed by atoms with Gasteiger partial charge in [-0.1, -0.05) is 0 Å². The molecule has 0 aliphatic carbocycles. The summed E-state index contributed by atoms with van der Waals surface area (Å²) in [6, 6.07) is 9.68. The van der Waals surface area contributed by atoms with Gasteiger partial charge in [0, 0.05) is 40.8 Å². The number of rotatable bonds is 4. The minimum atomic E-state index is 0.0620. The predicted molar refractivity (Wildman–Crippen MR) is 115 cm³/mol. The van der Waals surface area contributed by atoms with Crippen LogP contribution in [0.5, 0.6) is 0 Å². The number of thiazole rings is 1. The number of nitrogens with one attached hydrogen (secondary N) is 2. The fraction of sp³-hybridized carbons (Fsp3) is 0.238. The van der Waals surface area contributed by atoms with Gasteiger partial charge in [-0.05, 0) is 50.6 Å². The van der Waals surface area contributed by atoms with E-state index in [0.29, 0.717) is 11.6 Å². The van der Waals surface area contributed by atoms with Crippen LogP contribution in [0.4, 0.5) is 11.6 Å². The number of hydrogen-bond donors (Lipinski definition) is 2. The summed E-state index contributed by atoms with van der Waals surface area (Å²) in [5, 5.41) is 5.25. The highest BCUT2D eigenvalue weighted by Crippen LogP contribution is 2.27. The molecule has 5 rings (SSSR count). The third-order valence-corrected chi connectivity index (χ3v) is 5.94. The smallest absolute Gasteiger partial charge is 0.270 e. The highest BCUT2D eigenvalue weighted by Gasteiger charge is 2.22. The molecule has 4 heterocycles. The Morgan fingerprint density at radius 2 is 2.03 bits per heavy atom. The Balaban J connectivity index is 1.41. The van der Waals surface area contributed by atoms with Gasteiger partial charge in [0.05, 0.1) is 10.7 Å². The molecule has 0 saturated carbocycles. The molecule has 1 aromatic carbocycles. The highest BCUT2D eigenvalue weighted by molar-refractivity contribution is 7.11. The van der Waals surface area contributed by atoms with Gasteiger partial charge in [0.15, 0.2) is 0 Å². The summed E-state index contributed by atoms with van der Waals surface area (Å²) in [6.07, 6.45) is 2.82. The summed E-state index contributed by atoms with van der Waals surface area (Å²) in [6.45, 7) is 5.72. The average molecular weight is 404 g/mol. The lowest BCUT2D eigenvalue weighted by Gasteiger charge is -2.30. The molecule has 0 bridgehead atoms. The molecule has 1 saturated heterocycles. The molecule has 1 amide bonds. The van der Waals surface area contributed by atoms with Crippen molar-refractivity contribution >= 4 is 39.8 Å². The molecular weight excluding hydrogens is 384 g/mol. The van der Waals surface area contributed by atoms with Gasteiger partial charge in [-0.25, -0.2) is 15.0 Å². The number of aryl methyl sites for hydroxylation is 2. The second-order valence-electron chi connectivity index (χ2n) is 7.16. The van der Waals surface area contributed by atoms with Crippen molar-refractivity contribution in [3.8, 4) is 11.4 Å². The van der Waals surface area contributed by atoms with Crippen molar-refractivity contribution in [3.63, 3.8) is 0 Å². The molecule has 0 unspecified atom stereocenters. The highest BCUT2D eigenvalue weighted by atomic mass is 32.1. The summed E-state index contributed by atoms with van der Waals surface area (Å²) in [5.74, 6) is 0.575. The van der Waals surface area contributed by atoms with Crippen molar-refractivity contribution in [2.75, 3.05) is 18.4 Å². The van der Waals surface area contributed by atoms with E-state index in [-0.39, 0.29) is 5.91 Å². The van der Waals surface area contributed by atoms with Crippen LogP contribution in [0.2, 0.25) is 0 Å². The van der Waals surface area contributed by atoms with E-state index in [1.807, 2.05) is 49.1 Å². The predicted octanol–water partition coefficient (Wildman–Crippen LogP) is 4.29. The van der Waals surface area contributed by atoms with E-state index in [0.717, 1.165) is 57.4 Å². The molecule has 8 heteroatoms. The lowest BCUT2D eigenvalue weighted by atomic mass is 10.2. The Morgan fingerprint density at radius 3 is 2.76 bits per heavy atom. The van der Waals surface area contributed by atoms with Crippen LogP contribution in [0.1, 0.15) is 26.8 Å². The maximum atomic E-state index is 12.4. The van der Waals surface area contributed by atoms with Crippen LogP contribution in [0.3, 0.4) is 0 Å². The van der Waals surface area contributed by atoms with Gasteiger partial charge in [-0.2, -0.15) is 0 Å². The Morgan fingerprint density at radius 1 is 1.17 bits per heavy atom. The number of fused-ring (bicyclic) bond motifs is 1. The van der Waals surface area contributed by atoms with E-state index < -0.39 is 0 Å². The first-order chi connectivity index (χ1) is 14.1. The summed E-state index contributed by atoms with van der Waals surface area (Å²) in [4.78, 5) is 32.2. The first-order valence-corrected chi connectivity index (χ1v) is 10.3. The standard InChI is InChI=1S/C21H20N6OS/c1-12-19(23-13(2)29-12)17-6-7-22-21(26-17)24-15-4-5-16-14(10-15)11-18(25-16)20(28)27-8-3-9-27/h4-7,10-11,25H,3,8-9H2,1-2H3,(H,22,24,26). The largest absolute Gasteiger partial charge is 0.351 e. The Kier molecular flexibility index (Phi) is 4.28. The van der Waals surface area contributed by atoms with E-state index >= 15 is 0 Å². The zero-order valence-corrected chi connectivity index (χ0v) is 17.0. The van der Waals surface area contributed by atoms with Gasteiger partial charge >= 0.3 is 0 Å². The average Bonchev–Trinajstić information content (AvgIpc) is 3.22. The monoisotopic (exact) mass is 404 g/mol. The third-order valence-electron chi connectivity index (χ3n) is 5.05. The number of aromatic amines is 1. The van der Waals surface area contributed by atoms with Crippen molar-refractivity contribution in [1.82, 2.24) is 24.8 Å². The van der Waals surface area contributed by atoms with E-state index in [1.54, 1.807) is 17.5 Å². The summed E-state index contributed by atoms with van der Waals surface area (Å²) < 4.78 is 0. The summed E-state index contributed by atoms with van der Waals surface area (Å²) in [5.41, 5.74) is 4.12. The zero-order valence-electron chi connectivity index (χ0n) is 16.2. The number of nitrogens with zero attached hydrogens (tertiary/aromatic N) is 4. The molecule has 0 spiro atoms. The molecule has 1 fully saturated rings. The number of H-pyrrole nitrogens is 1. The van der Waals surface area contributed by atoms with Crippen molar-refractivity contribution in [3.05, 3.63) is 52.1 Å². The van der Waals surface area contributed by atoms with Crippen molar-refractivity contribution in [2.45, 2.75) is 20.3 Å². The number of benzene rings is 1. The van der Waals surface area contributed by atoms with Crippen LogP contribution in [0, 0.1) is 13.8 Å². The summed E-state index contributed by atoms with van der Waals surface area (Å²) >= 11 is 1.66. The van der Waals surface area contributed by atoms with Gasteiger partial charge in [0.25, 0.3) is 5.91 Å². The molecular formula is C21H20N6OS. The Hall–Kier alpha value is -3.26. The minimum absolute atomic E-state index is 0.0620. The quantitative estimate of drug-likeness (QED) is 0.530. The van der Waals surface area contributed by atoms with Crippen molar-refractivity contribution < 1.29 is 4.79 Å². The Labute approximate surface area is 171 Å². The van der Waals surface area contributed by atoms with E-state index in [9.17, 15) is 4.79 Å². The maximum absolute atomic E-state index is 12.4. The number of carbonyl (C=O) groups is 1. The van der Waals surface area contributed by atoms with Gasteiger partial charge in [-0.15, -0.1) is 11.3 Å². The van der Waals surface area contributed by atoms with Crippen LogP contribution in [0.15, 0.2) is 36.5 Å². The molecule has 2 N–H and O–H groups in total. The fourth-order valence-corrected chi connectivity index (χ4v) is 4.29. The van der Waals surface area contributed by atoms with E-state index in [2.05, 4.69) is 25.3 Å².